The Morgan fingerprint density at radius 3 is 1.25 bits per heavy atom. The second-order valence-electron chi connectivity index (χ2n) is 19.3. The fraction of sp³-hybridized carbons (Fsp3) is 0.607. The molecule has 2 saturated carbocycles. The number of benzene rings is 2. The summed E-state index contributed by atoms with van der Waals surface area (Å²) in [5.41, 5.74) is 2.18. The summed E-state index contributed by atoms with van der Waals surface area (Å²) in [5, 5.41) is 43.8. The van der Waals surface area contributed by atoms with E-state index < -0.39 is 48.6 Å². The van der Waals surface area contributed by atoms with Crippen LogP contribution in [0.5, 0.6) is 0 Å². The molecule has 2 fully saturated rings. The molecule has 0 aromatic heterocycles. The van der Waals surface area contributed by atoms with E-state index in [0.29, 0.717) is 103 Å². The van der Waals surface area contributed by atoms with Gasteiger partial charge in [0.05, 0.1) is 36.6 Å². The number of hydrogen-bond donors (Lipinski definition) is 4. The lowest BCUT2D eigenvalue weighted by Gasteiger charge is -2.25. The van der Waals surface area contributed by atoms with Crippen LogP contribution in [0, 0.1) is 23.7 Å². The van der Waals surface area contributed by atoms with Gasteiger partial charge in [-0.3, -0.25) is 9.59 Å². The minimum Gasteiger partial charge on any atom is -0.463 e. The molecule has 2 aliphatic rings. The Balaban J connectivity index is 1.34. The Bertz CT molecular complexity index is 1730. The standard InChI is InChI=1S/C56H80O12/c1-39(2)65-53(61)25-17-7-5-15-23-45-47(51(59)37-49(45)57)33-31-43(29-27-41-19-11-9-12-20-41)67-55(63)35-36-56(64)68-44(30-28-42-21-13-10-14-22-42)32-34-48-46(50(58)38-52(48)60)24-16-6-8-18-26-54(62)66-40(3)4/h5-6,9-16,19-22,35-36,39-40,43-52,57-60H,7-8,17-18,23-34,37-38H2,1-4H3/b15-5-,16-6-,36-35-/t43-,44+,45+,46-,47+,48-,49-,50+,51+,52-. The highest BCUT2D eigenvalue weighted by molar-refractivity contribution is 5.91. The molecule has 0 bridgehead atoms. The van der Waals surface area contributed by atoms with Gasteiger partial charge >= 0.3 is 23.9 Å². The lowest BCUT2D eigenvalue weighted by molar-refractivity contribution is -0.148. The van der Waals surface area contributed by atoms with E-state index in [-0.39, 0.29) is 60.7 Å². The molecule has 4 N–H and O–H groups in total. The number of rotatable bonds is 30. The molecule has 2 aromatic carbocycles. The van der Waals surface area contributed by atoms with Crippen LogP contribution < -0.4 is 0 Å². The Hall–Kier alpha value is -4.62. The smallest absolute Gasteiger partial charge is 0.331 e. The summed E-state index contributed by atoms with van der Waals surface area (Å²) in [6.45, 7) is 7.29. The van der Waals surface area contributed by atoms with Crippen LogP contribution >= 0.6 is 0 Å². The molecular weight excluding hydrogens is 865 g/mol. The number of carbonyl (C=O) groups excluding carboxylic acids is 4. The molecule has 68 heavy (non-hydrogen) atoms. The summed E-state index contributed by atoms with van der Waals surface area (Å²) in [5.74, 6) is -2.54. The van der Waals surface area contributed by atoms with Gasteiger partial charge in [-0.15, -0.1) is 0 Å². The zero-order chi connectivity index (χ0) is 49.3. The number of aliphatic hydroxyl groups is 4. The van der Waals surface area contributed by atoms with Crippen molar-refractivity contribution in [1.82, 2.24) is 0 Å². The maximum absolute atomic E-state index is 13.4. The molecule has 0 heterocycles. The van der Waals surface area contributed by atoms with Crippen molar-refractivity contribution in [2.45, 2.75) is 192 Å². The van der Waals surface area contributed by atoms with Crippen molar-refractivity contribution < 1.29 is 58.6 Å². The van der Waals surface area contributed by atoms with Crippen LogP contribution in [0.25, 0.3) is 0 Å². The topological polar surface area (TPSA) is 186 Å². The Morgan fingerprint density at radius 2 is 0.882 bits per heavy atom. The Labute approximate surface area is 405 Å². The summed E-state index contributed by atoms with van der Waals surface area (Å²) >= 11 is 0. The van der Waals surface area contributed by atoms with Gasteiger partial charge in [0, 0.05) is 25.0 Å². The van der Waals surface area contributed by atoms with E-state index in [4.69, 9.17) is 18.9 Å². The molecule has 0 unspecified atom stereocenters. The van der Waals surface area contributed by atoms with Crippen LogP contribution in [0.4, 0.5) is 0 Å². The normalized spacial score (nSPS) is 23.7. The minimum atomic E-state index is -0.696. The van der Waals surface area contributed by atoms with Crippen LogP contribution in [0.2, 0.25) is 0 Å². The SMILES string of the molecule is CC(C)OC(=O)CCC/C=C\C[C@@H]1[C@@H](CC[C@H](CCc2ccccc2)OC(=O)/C=C\C(=O)O[C@H](CCc2ccccc2)CC[C@H]2[C@H](C/C=C\CCCC(=O)OC(C)C)[C@H](O)C[C@@H]2O)[C@H](O)C[C@@H]1O. The maximum atomic E-state index is 13.4. The van der Waals surface area contributed by atoms with Crippen LogP contribution in [0.15, 0.2) is 97.1 Å². The first-order valence-corrected chi connectivity index (χ1v) is 25.3. The van der Waals surface area contributed by atoms with Gasteiger partial charge in [0.2, 0.25) is 0 Å². The molecule has 0 aliphatic heterocycles. The van der Waals surface area contributed by atoms with Crippen molar-refractivity contribution in [2.75, 3.05) is 0 Å². The second-order valence-corrected chi connectivity index (χ2v) is 19.3. The van der Waals surface area contributed by atoms with Crippen LogP contribution in [-0.4, -0.2) is 93.1 Å². The highest BCUT2D eigenvalue weighted by atomic mass is 16.6. The maximum Gasteiger partial charge on any atom is 0.331 e. The highest BCUT2D eigenvalue weighted by Gasteiger charge is 2.42. The molecule has 0 amide bonds. The molecule has 12 nitrogen and oxygen atoms in total. The Morgan fingerprint density at radius 1 is 0.515 bits per heavy atom. The summed E-state index contributed by atoms with van der Waals surface area (Å²) < 4.78 is 22.4. The number of carbonyl (C=O) groups is 4. The van der Waals surface area contributed by atoms with E-state index >= 15 is 0 Å². The zero-order valence-electron chi connectivity index (χ0n) is 40.9. The number of allylic oxidation sites excluding steroid dienone is 4. The van der Waals surface area contributed by atoms with Gasteiger partial charge in [0.15, 0.2) is 0 Å². The average Bonchev–Trinajstić information content (AvgIpc) is 3.73. The van der Waals surface area contributed by atoms with E-state index in [2.05, 4.69) is 0 Å². The van der Waals surface area contributed by atoms with Crippen molar-refractivity contribution in [3.63, 3.8) is 0 Å². The van der Waals surface area contributed by atoms with Gasteiger partial charge in [-0.2, -0.15) is 0 Å². The van der Waals surface area contributed by atoms with Gasteiger partial charge in [-0.05, 0) is 165 Å². The predicted octanol–water partition coefficient (Wildman–Crippen LogP) is 9.04. The average molecular weight is 945 g/mol. The molecular formula is C56H80O12. The van der Waals surface area contributed by atoms with Crippen molar-refractivity contribution in [3.8, 4) is 0 Å². The fourth-order valence-corrected chi connectivity index (χ4v) is 9.70. The number of aliphatic hydroxyl groups excluding tert-OH is 4. The number of hydrogen-bond acceptors (Lipinski definition) is 12. The fourth-order valence-electron chi connectivity index (χ4n) is 9.70. The number of ether oxygens (including phenoxy) is 4. The van der Waals surface area contributed by atoms with Gasteiger partial charge in [-0.25, -0.2) is 9.59 Å². The van der Waals surface area contributed by atoms with Crippen LogP contribution in [-0.2, 0) is 51.0 Å². The highest BCUT2D eigenvalue weighted by Crippen LogP contribution is 2.40. The molecule has 0 radical (unpaired) electrons. The molecule has 2 aromatic rings. The van der Waals surface area contributed by atoms with Crippen LogP contribution in [0.3, 0.4) is 0 Å². The van der Waals surface area contributed by atoms with Crippen molar-refractivity contribution in [2.24, 2.45) is 23.7 Å². The second kappa shape index (κ2) is 30.8. The van der Waals surface area contributed by atoms with E-state index in [0.717, 1.165) is 23.3 Å². The third-order valence-electron chi connectivity index (χ3n) is 13.2. The van der Waals surface area contributed by atoms with Crippen molar-refractivity contribution >= 4 is 23.9 Å². The van der Waals surface area contributed by atoms with Crippen molar-refractivity contribution in [3.05, 3.63) is 108 Å². The van der Waals surface area contributed by atoms with E-state index in [1.54, 1.807) is 0 Å². The minimum absolute atomic E-state index is 0.143. The first kappa shape index (κ1) is 56.0. The molecule has 10 atom stereocenters. The molecule has 0 saturated heterocycles. The summed E-state index contributed by atoms with van der Waals surface area (Å²) in [6.07, 6.45) is 15.6. The van der Waals surface area contributed by atoms with Gasteiger partial charge in [0.1, 0.15) is 12.2 Å². The van der Waals surface area contributed by atoms with Crippen LogP contribution in [0.1, 0.15) is 142 Å². The quantitative estimate of drug-likeness (QED) is 0.0192. The summed E-state index contributed by atoms with van der Waals surface area (Å²) in [4.78, 5) is 50.5. The summed E-state index contributed by atoms with van der Waals surface area (Å²) in [7, 11) is 0. The largest absolute Gasteiger partial charge is 0.463 e. The van der Waals surface area contributed by atoms with E-state index in [9.17, 15) is 39.6 Å². The molecule has 4 rings (SSSR count). The molecule has 2 aliphatic carbocycles. The van der Waals surface area contributed by atoms with Crippen molar-refractivity contribution in [1.29, 1.82) is 0 Å². The lowest BCUT2D eigenvalue weighted by atomic mass is 9.85. The summed E-state index contributed by atoms with van der Waals surface area (Å²) in [6, 6.07) is 19.8. The third kappa shape index (κ3) is 21.3. The van der Waals surface area contributed by atoms with Gasteiger partial charge in [0.25, 0.3) is 0 Å². The van der Waals surface area contributed by atoms with Gasteiger partial charge < -0.3 is 39.4 Å². The van der Waals surface area contributed by atoms with E-state index in [1.165, 1.54) is 0 Å². The Kier molecular flexibility index (Phi) is 25.3. The van der Waals surface area contributed by atoms with Gasteiger partial charge in [-0.1, -0.05) is 85.0 Å². The first-order valence-electron chi connectivity index (χ1n) is 25.3. The number of unbranched alkanes of at least 4 members (excludes halogenated alkanes) is 2. The lowest BCUT2D eigenvalue weighted by Crippen LogP contribution is -2.26. The zero-order valence-corrected chi connectivity index (χ0v) is 40.9. The molecule has 376 valence electrons. The molecule has 0 spiro atoms. The van der Waals surface area contributed by atoms with E-state index in [1.807, 2.05) is 113 Å². The monoisotopic (exact) mass is 945 g/mol. The first-order chi connectivity index (χ1) is 32.7. The predicted molar refractivity (Wildman–Crippen MR) is 262 cm³/mol. The third-order valence-corrected chi connectivity index (χ3v) is 13.2. The molecule has 12 heteroatoms. The number of esters is 4. The number of aryl methyl sites for hydroxylation is 2.